The summed E-state index contributed by atoms with van der Waals surface area (Å²) in [5, 5.41) is 9.64. The Bertz CT molecular complexity index is 1110. The fraction of sp³-hybridized carbons (Fsp3) is 0.250. The highest BCUT2D eigenvalue weighted by molar-refractivity contribution is 9.10. The zero-order valence-electron chi connectivity index (χ0n) is 16.5. The van der Waals surface area contributed by atoms with Crippen molar-refractivity contribution >= 4 is 28.0 Å². The Balaban J connectivity index is 1.32. The fourth-order valence-corrected chi connectivity index (χ4v) is 5.02. The van der Waals surface area contributed by atoms with Crippen LogP contribution in [-0.2, 0) is 9.53 Å². The van der Waals surface area contributed by atoms with E-state index in [0.717, 1.165) is 22.3 Å². The van der Waals surface area contributed by atoms with Crippen molar-refractivity contribution in [2.45, 2.75) is 11.8 Å². The van der Waals surface area contributed by atoms with Gasteiger partial charge in [0.25, 0.3) is 0 Å². The molecule has 1 aliphatic carbocycles. The van der Waals surface area contributed by atoms with Crippen LogP contribution in [-0.4, -0.2) is 41.8 Å². The lowest BCUT2D eigenvalue weighted by molar-refractivity contribution is -0.141. The van der Waals surface area contributed by atoms with Gasteiger partial charge in [-0.05, 0) is 50.3 Å². The summed E-state index contributed by atoms with van der Waals surface area (Å²) >= 11 is 3.25. The first-order valence-corrected chi connectivity index (χ1v) is 10.9. The molecule has 3 aromatic rings. The molecule has 1 N–H and O–H groups in total. The molecule has 2 aromatic carbocycles. The molecule has 1 aromatic heterocycles. The van der Waals surface area contributed by atoms with Crippen molar-refractivity contribution in [1.29, 1.82) is 0 Å². The molecule has 2 unspecified atom stereocenters. The minimum atomic E-state index is -0.952. The van der Waals surface area contributed by atoms with Gasteiger partial charge in [-0.15, -0.1) is 0 Å². The van der Waals surface area contributed by atoms with E-state index in [1.165, 1.54) is 4.90 Å². The Morgan fingerprint density at radius 1 is 1.00 bits per heavy atom. The van der Waals surface area contributed by atoms with Gasteiger partial charge in [-0.3, -0.25) is 4.79 Å². The van der Waals surface area contributed by atoms with Gasteiger partial charge in [-0.25, -0.2) is 4.79 Å². The van der Waals surface area contributed by atoms with Crippen LogP contribution in [0.4, 0.5) is 4.79 Å². The second-order valence-corrected chi connectivity index (χ2v) is 8.68. The molecule has 2 atom stereocenters. The average Bonchev–Trinajstić information content (AvgIpc) is 3.47. The lowest BCUT2D eigenvalue weighted by atomic mass is 9.94. The highest BCUT2D eigenvalue weighted by Gasteiger charge is 2.43. The fourth-order valence-electron chi connectivity index (χ4n) is 4.70. The van der Waals surface area contributed by atoms with Crippen LogP contribution >= 0.6 is 15.9 Å². The van der Waals surface area contributed by atoms with Gasteiger partial charge in [0.05, 0.1) is 5.92 Å². The van der Waals surface area contributed by atoms with Gasteiger partial charge in [0.1, 0.15) is 12.4 Å². The lowest BCUT2D eigenvalue weighted by Crippen LogP contribution is -2.31. The number of hydrogen-bond acceptors (Lipinski definition) is 4. The van der Waals surface area contributed by atoms with E-state index in [1.54, 1.807) is 12.1 Å². The van der Waals surface area contributed by atoms with Crippen molar-refractivity contribution in [3.8, 4) is 11.1 Å². The number of ether oxygens (including phenoxy) is 1. The quantitative estimate of drug-likeness (QED) is 0.561. The highest BCUT2D eigenvalue weighted by Crippen LogP contribution is 2.44. The van der Waals surface area contributed by atoms with Crippen molar-refractivity contribution < 1.29 is 23.8 Å². The maximum atomic E-state index is 12.8. The molecule has 0 spiro atoms. The summed E-state index contributed by atoms with van der Waals surface area (Å²) in [6.45, 7) is 0.542. The number of fused-ring (bicyclic) bond motifs is 3. The molecule has 1 amide bonds. The molecule has 2 aliphatic rings. The number of furan rings is 1. The Kier molecular flexibility index (Phi) is 5.06. The van der Waals surface area contributed by atoms with Crippen LogP contribution in [0.2, 0.25) is 0 Å². The predicted molar refractivity (Wildman–Crippen MR) is 117 cm³/mol. The highest BCUT2D eigenvalue weighted by atomic mass is 79.9. The molecular weight excluding hydrogens is 462 g/mol. The Morgan fingerprint density at radius 3 is 2.23 bits per heavy atom. The van der Waals surface area contributed by atoms with E-state index in [9.17, 15) is 14.7 Å². The van der Waals surface area contributed by atoms with E-state index in [0.29, 0.717) is 10.4 Å². The zero-order chi connectivity index (χ0) is 21.5. The van der Waals surface area contributed by atoms with Crippen LogP contribution in [0.25, 0.3) is 11.1 Å². The number of aliphatic carboxylic acids is 1. The minimum Gasteiger partial charge on any atom is -0.481 e. The average molecular weight is 482 g/mol. The number of nitrogens with zero attached hydrogens (tertiary/aromatic N) is 1. The number of carboxylic acid groups (broad SMARTS) is 1. The molecule has 7 heteroatoms. The zero-order valence-corrected chi connectivity index (χ0v) is 18.1. The Morgan fingerprint density at radius 2 is 1.65 bits per heavy atom. The molecule has 0 bridgehead atoms. The maximum absolute atomic E-state index is 12.8. The summed E-state index contributed by atoms with van der Waals surface area (Å²) in [7, 11) is 0. The van der Waals surface area contributed by atoms with Gasteiger partial charge in [0.15, 0.2) is 4.67 Å². The number of halogens is 1. The van der Waals surface area contributed by atoms with Crippen molar-refractivity contribution in [3.63, 3.8) is 0 Å². The SMILES string of the molecule is O=C(O)C1CN(C(=O)OCC2c3ccccc3-c3ccccc32)CC1c1ccc(Br)o1. The molecule has 1 aliphatic heterocycles. The number of benzene rings is 2. The third-order valence-corrected chi connectivity index (χ3v) is 6.62. The summed E-state index contributed by atoms with van der Waals surface area (Å²) in [5.74, 6) is -1.59. The monoisotopic (exact) mass is 481 g/mol. The van der Waals surface area contributed by atoms with E-state index in [-0.39, 0.29) is 25.6 Å². The molecule has 158 valence electrons. The van der Waals surface area contributed by atoms with E-state index in [4.69, 9.17) is 9.15 Å². The van der Waals surface area contributed by atoms with Crippen LogP contribution in [0.5, 0.6) is 0 Å². The van der Waals surface area contributed by atoms with Crippen molar-refractivity contribution in [1.82, 2.24) is 4.90 Å². The summed E-state index contributed by atoms with van der Waals surface area (Å²) in [5.41, 5.74) is 4.60. The van der Waals surface area contributed by atoms with Gasteiger partial charge < -0.3 is 19.2 Å². The molecule has 0 radical (unpaired) electrons. The van der Waals surface area contributed by atoms with Crippen LogP contribution in [0.15, 0.2) is 69.8 Å². The summed E-state index contributed by atoms with van der Waals surface area (Å²) < 4.78 is 11.8. The second kappa shape index (κ2) is 7.89. The van der Waals surface area contributed by atoms with E-state index in [1.807, 2.05) is 24.3 Å². The van der Waals surface area contributed by atoms with Gasteiger partial charge in [-0.2, -0.15) is 0 Å². The second-order valence-electron chi connectivity index (χ2n) is 7.90. The topological polar surface area (TPSA) is 80.0 Å². The summed E-state index contributed by atoms with van der Waals surface area (Å²) in [6.07, 6.45) is -0.499. The number of amides is 1. The van der Waals surface area contributed by atoms with E-state index < -0.39 is 23.9 Å². The molecule has 6 nitrogen and oxygen atoms in total. The van der Waals surface area contributed by atoms with E-state index in [2.05, 4.69) is 40.2 Å². The third kappa shape index (κ3) is 3.53. The van der Waals surface area contributed by atoms with Crippen LogP contribution in [0, 0.1) is 5.92 Å². The number of carbonyl (C=O) groups excluding carboxylic acids is 1. The lowest BCUT2D eigenvalue weighted by Gasteiger charge is -2.19. The summed E-state index contributed by atoms with van der Waals surface area (Å²) in [4.78, 5) is 26.1. The Hall–Kier alpha value is -3.06. The van der Waals surface area contributed by atoms with Gasteiger partial charge >= 0.3 is 12.1 Å². The molecule has 2 heterocycles. The van der Waals surface area contributed by atoms with Gasteiger partial charge in [-0.1, -0.05) is 48.5 Å². The molecule has 31 heavy (non-hydrogen) atoms. The standard InChI is InChI=1S/C24H20BrNO5/c25-22-10-9-21(31-22)18-11-26(12-19(18)23(27)28)24(29)30-13-20-16-7-3-1-5-14(16)15-6-2-4-8-17(15)20/h1-10,18-20H,11-13H2,(H,27,28). The predicted octanol–water partition coefficient (Wildman–Crippen LogP) is 5.09. The smallest absolute Gasteiger partial charge is 0.409 e. The van der Waals surface area contributed by atoms with E-state index >= 15 is 0 Å². The normalized spacial score (nSPS) is 19.8. The first-order chi connectivity index (χ1) is 15.0. The number of likely N-dealkylation sites (tertiary alicyclic amines) is 1. The summed E-state index contributed by atoms with van der Waals surface area (Å²) in [6, 6.07) is 19.8. The van der Waals surface area contributed by atoms with Crippen LogP contribution in [0.3, 0.4) is 0 Å². The largest absolute Gasteiger partial charge is 0.481 e. The van der Waals surface area contributed by atoms with Crippen molar-refractivity contribution in [3.05, 3.63) is 82.2 Å². The van der Waals surface area contributed by atoms with Crippen LogP contribution in [0.1, 0.15) is 28.7 Å². The molecular formula is C24H20BrNO5. The number of carboxylic acids is 1. The van der Waals surface area contributed by atoms with Crippen molar-refractivity contribution in [2.24, 2.45) is 5.92 Å². The molecule has 5 rings (SSSR count). The maximum Gasteiger partial charge on any atom is 0.409 e. The van der Waals surface area contributed by atoms with Crippen molar-refractivity contribution in [2.75, 3.05) is 19.7 Å². The third-order valence-electron chi connectivity index (χ3n) is 6.19. The molecule has 1 fully saturated rings. The molecule has 1 saturated heterocycles. The minimum absolute atomic E-state index is 0.0361. The number of rotatable bonds is 4. The first kappa shape index (κ1) is 19.9. The van der Waals surface area contributed by atoms with Crippen LogP contribution < -0.4 is 0 Å². The van der Waals surface area contributed by atoms with Gasteiger partial charge in [0, 0.05) is 24.9 Å². The molecule has 0 saturated carbocycles. The van der Waals surface area contributed by atoms with Gasteiger partial charge in [0.2, 0.25) is 0 Å². The number of carbonyl (C=O) groups is 2. The number of hydrogen-bond donors (Lipinski definition) is 1. The first-order valence-electron chi connectivity index (χ1n) is 10.1. The Labute approximate surface area is 187 Å².